The first-order chi connectivity index (χ1) is 10.6. The normalized spacial score (nSPS) is 10.5. The number of rotatable bonds is 6. The van der Waals surface area contributed by atoms with Crippen molar-refractivity contribution in [2.45, 2.75) is 20.0 Å². The molecule has 0 aliphatic heterocycles. The molecule has 2 rings (SSSR count). The third kappa shape index (κ3) is 4.26. The van der Waals surface area contributed by atoms with Gasteiger partial charge in [-0.05, 0) is 38.1 Å². The molecular formula is C16H19N3O3. The predicted octanol–water partition coefficient (Wildman–Crippen LogP) is 2.52. The van der Waals surface area contributed by atoms with E-state index in [0.717, 1.165) is 11.3 Å². The van der Waals surface area contributed by atoms with Gasteiger partial charge in [-0.1, -0.05) is 0 Å². The van der Waals surface area contributed by atoms with Crippen LogP contribution in [-0.4, -0.2) is 35.7 Å². The van der Waals surface area contributed by atoms with Gasteiger partial charge in [0.25, 0.3) is 5.91 Å². The molecule has 0 saturated heterocycles. The van der Waals surface area contributed by atoms with Crippen LogP contribution < -0.4 is 10.1 Å². The van der Waals surface area contributed by atoms with Crippen molar-refractivity contribution in [2.75, 3.05) is 19.0 Å². The Kier molecular flexibility index (Phi) is 5.43. The molecule has 2 aromatic rings. The van der Waals surface area contributed by atoms with Crippen LogP contribution in [0.2, 0.25) is 0 Å². The summed E-state index contributed by atoms with van der Waals surface area (Å²) < 4.78 is 10.4. The van der Waals surface area contributed by atoms with Gasteiger partial charge in [-0.3, -0.25) is 9.78 Å². The first-order valence-corrected chi connectivity index (χ1v) is 6.97. The Balaban J connectivity index is 2.17. The van der Waals surface area contributed by atoms with E-state index in [1.54, 1.807) is 13.3 Å². The van der Waals surface area contributed by atoms with Gasteiger partial charge in [0.2, 0.25) is 0 Å². The molecule has 0 saturated carbocycles. The van der Waals surface area contributed by atoms with Gasteiger partial charge in [0, 0.05) is 18.0 Å². The minimum atomic E-state index is -0.260. The third-order valence-corrected chi connectivity index (χ3v) is 2.87. The quantitative estimate of drug-likeness (QED) is 0.887. The number of aromatic nitrogens is 2. The Morgan fingerprint density at radius 1 is 1.18 bits per heavy atom. The van der Waals surface area contributed by atoms with Crippen molar-refractivity contribution in [1.29, 1.82) is 0 Å². The molecule has 0 bridgehead atoms. The lowest BCUT2D eigenvalue weighted by Crippen LogP contribution is -2.21. The molecule has 0 aliphatic carbocycles. The molecule has 6 heteroatoms. The molecule has 1 N–H and O–H groups in total. The number of nitrogens with one attached hydrogen (secondary N) is 1. The van der Waals surface area contributed by atoms with Gasteiger partial charge >= 0.3 is 0 Å². The Morgan fingerprint density at radius 2 is 1.86 bits per heavy atom. The van der Waals surface area contributed by atoms with Crippen LogP contribution in [-0.2, 0) is 9.53 Å². The van der Waals surface area contributed by atoms with E-state index in [1.165, 1.54) is 6.20 Å². The summed E-state index contributed by atoms with van der Waals surface area (Å²) in [7, 11) is 1.61. The summed E-state index contributed by atoms with van der Waals surface area (Å²) in [5.41, 5.74) is 1.44. The first kappa shape index (κ1) is 15.9. The van der Waals surface area contributed by atoms with Crippen molar-refractivity contribution in [3.05, 3.63) is 36.7 Å². The van der Waals surface area contributed by atoms with Crippen LogP contribution in [0.25, 0.3) is 11.3 Å². The number of anilines is 1. The van der Waals surface area contributed by atoms with E-state index >= 15 is 0 Å². The highest BCUT2D eigenvalue weighted by molar-refractivity contribution is 5.94. The topological polar surface area (TPSA) is 73.3 Å². The number of hydrogen-bond donors (Lipinski definition) is 1. The molecule has 6 nitrogen and oxygen atoms in total. The maximum absolute atomic E-state index is 11.9. The molecule has 1 aromatic carbocycles. The van der Waals surface area contributed by atoms with Crippen molar-refractivity contribution in [3.8, 4) is 17.0 Å². The lowest BCUT2D eigenvalue weighted by atomic mass is 10.1. The van der Waals surface area contributed by atoms with E-state index in [-0.39, 0.29) is 18.6 Å². The average molecular weight is 301 g/mol. The highest BCUT2D eigenvalue weighted by Gasteiger charge is 2.11. The number of methoxy groups -OCH3 is 1. The average Bonchev–Trinajstić information content (AvgIpc) is 2.53. The number of benzene rings is 1. The van der Waals surface area contributed by atoms with E-state index in [0.29, 0.717) is 11.5 Å². The van der Waals surface area contributed by atoms with Crippen LogP contribution in [0.15, 0.2) is 36.7 Å². The molecule has 1 heterocycles. The molecule has 0 fully saturated rings. The lowest BCUT2D eigenvalue weighted by molar-refractivity contribution is -0.121. The number of carbonyl (C=O) groups excluding carboxylic acids is 1. The number of carbonyl (C=O) groups is 1. The number of nitrogens with zero attached hydrogens (tertiary/aromatic N) is 2. The summed E-state index contributed by atoms with van der Waals surface area (Å²) >= 11 is 0. The second-order valence-corrected chi connectivity index (χ2v) is 4.89. The molecular weight excluding hydrogens is 282 g/mol. The molecule has 0 unspecified atom stereocenters. The van der Waals surface area contributed by atoms with Crippen LogP contribution in [0.1, 0.15) is 13.8 Å². The van der Waals surface area contributed by atoms with Gasteiger partial charge in [0.1, 0.15) is 18.1 Å². The van der Waals surface area contributed by atoms with Gasteiger partial charge in [0.05, 0.1) is 13.2 Å². The Labute approximate surface area is 129 Å². The van der Waals surface area contributed by atoms with Crippen LogP contribution in [0.5, 0.6) is 5.75 Å². The SMILES string of the molecule is COc1ccc(-c2nccnc2NC(=O)COC(C)C)cc1. The Morgan fingerprint density at radius 3 is 2.50 bits per heavy atom. The number of ether oxygens (including phenoxy) is 2. The fraction of sp³-hybridized carbons (Fsp3) is 0.312. The molecule has 22 heavy (non-hydrogen) atoms. The smallest absolute Gasteiger partial charge is 0.251 e. The maximum Gasteiger partial charge on any atom is 0.251 e. The largest absolute Gasteiger partial charge is 0.497 e. The zero-order valence-electron chi connectivity index (χ0n) is 12.9. The van der Waals surface area contributed by atoms with Crippen molar-refractivity contribution in [3.63, 3.8) is 0 Å². The van der Waals surface area contributed by atoms with Gasteiger partial charge in [-0.15, -0.1) is 0 Å². The zero-order chi connectivity index (χ0) is 15.9. The summed E-state index contributed by atoms with van der Waals surface area (Å²) in [6.07, 6.45) is 3.11. The van der Waals surface area contributed by atoms with E-state index in [2.05, 4.69) is 15.3 Å². The van der Waals surface area contributed by atoms with E-state index in [9.17, 15) is 4.79 Å². The molecule has 0 spiro atoms. The third-order valence-electron chi connectivity index (χ3n) is 2.87. The highest BCUT2D eigenvalue weighted by atomic mass is 16.5. The van der Waals surface area contributed by atoms with E-state index in [1.807, 2.05) is 38.1 Å². The van der Waals surface area contributed by atoms with Crippen LogP contribution >= 0.6 is 0 Å². The second-order valence-electron chi connectivity index (χ2n) is 4.89. The van der Waals surface area contributed by atoms with Crippen LogP contribution in [0.4, 0.5) is 5.82 Å². The van der Waals surface area contributed by atoms with Crippen molar-refractivity contribution < 1.29 is 14.3 Å². The fourth-order valence-electron chi connectivity index (χ4n) is 1.80. The van der Waals surface area contributed by atoms with Gasteiger partial charge in [-0.25, -0.2) is 4.98 Å². The standard InChI is InChI=1S/C16H19N3O3/c1-11(2)22-10-14(20)19-16-15(17-8-9-18-16)12-4-6-13(21-3)7-5-12/h4-9,11H,10H2,1-3H3,(H,18,19,20). The summed E-state index contributed by atoms with van der Waals surface area (Å²) in [5, 5.41) is 2.72. The van der Waals surface area contributed by atoms with Crippen LogP contribution in [0.3, 0.4) is 0 Å². The number of amides is 1. The predicted molar refractivity (Wildman–Crippen MR) is 83.7 cm³/mol. The summed E-state index contributed by atoms with van der Waals surface area (Å²) in [6, 6.07) is 7.39. The summed E-state index contributed by atoms with van der Waals surface area (Å²) in [4.78, 5) is 20.4. The van der Waals surface area contributed by atoms with Gasteiger partial charge in [-0.2, -0.15) is 0 Å². The Hall–Kier alpha value is -2.47. The fourth-order valence-corrected chi connectivity index (χ4v) is 1.80. The first-order valence-electron chi connectivity index (χ1n) is 6.97. The maximum atomic E-state index is 11.9. The van der Waals surface area contributed by atoms with E-state index < -0.39 is 0 Å². The highest BCUT2D eigenvalue weighted by Crippen LogP contribution is 2.25. The summed E-state index contributed by atoms with van der Waals surface area (Å²) in [6.45, 7) is 3.73. The molecule has 0 aliphatic rings. The minimum Gasteiger partial charge on any atom is -0.497 e. The monoisotopic (exact) mass is 301 g/mol. The zero-order valence-corrected chi connectivity index (χ0v) is 12.9. The molecule has 1 aromatic heterocycles. The van der Waals surface area contributed by atoms with Crippen molar-refractivity contribution in [2.24, 2.45) is 0 Å². The molecule has 0 radical (unpaired) electrons. The van der Waals surface area contributed by atoms with Gasteiger partial charge < -0.3 is 14.8 Å². The van der Waals surface area contributed by atoms with Crippen molar-refractivity contribution in [1.82, 2.24) is 9.97 Å². The minimum absolute atomic E-state index is 0.00586. The molecule has 116 valence electrons. The second kappa shape index (κ2) is 7.51. The lowest BCUT2D eigenvalue weighted by Gasteiger charge is -2.11. The Bertz CT molecular complexity index is 627. The molecule has 1 amide bonds. The van der Waals surface area contributed by atoms with Crippen molar-refractivity contribution >= 4 is 11.7 Å². The van der Waals surface area contributed by atoms with Crippen LogP contribution in [0, 0.1) is 0 Å². The van der Waals surface area contributed by atoms with E-state index in [4.69, 9.17) is 9.47 Å². The van der Waals surface area contributed by atoms with Gasteiger partial charge in [0.15, 0.2) is 5.82 Å². The number of hydrogen-bond acceptors (Lipinski definition) is 5. The molecule has 0 atom stereocenters. The summed E-state index contributed by atoms with van der Waals surface area (Å²) in [5.74, 6) is 0.901.